The minimum atomic E-state index is -0.978. The van der Waals surface area contributed by atoms with Crippen molar-refractivity contribution >= 4 is 40.3 Å². The molecule has 8 heteroatoms. The number of nitrogens with one attached hydrogen (secondary N) is 2. The van der Waals surface area contributed by atoms with Crippen molar-refractivity contribution in [2.24, 2.45) is 0 Å². The predicted octanol–water partition coefficient (Wildman–Crippen LogP) is 4.85. The summed E-state index contributed by atoms with van der Waals surface area (Å²) >= 11 is 5.81. The van der Waals surface area contributed by atoms with Crippen molar-refractivity contribution in [3.63, 3.8) is 0 Å². The highest BCUT2D eigenvalue weighted by atomic mass is 35.5. The number of benzene rings is 2. The number of halogens is 1. The first-order valence-electron chi connectivity index (χ1n) is 9.72. The summed E-state index contributed by atoms with van der Waals surface area (Å²) < 4.78 is 5.53. The first kappa shape index (κ1) is 20.6. The molecule has 0 radical (unpaired) electrons. The summed E-state index contributed by atoms with van der Waals surface area (Å²) in [7, 11) is 0. The van der Waals surface area contributed by atoms with E-state index in [1.54, 1.807) is 37.3 Å². The maximum Gasteiger partial charge on any atom is 0.339 e. The Labute approximate surface area is 183 Å². The first-order valence-corrected chi connectivity index (χ1v) is 10.1. The molecule has 2 heterocycles. The largest absolute Gasteiger partial charge is 0.449 e. The number of hydrogen-bond donors (Lipinski definition) is 2. The lowest BCUT2D eigenvalue weighted by molar-refractivity contribution is -0.124. The van der Waals surface area contributed by atoms with Gasteiger partial charge in [-0.05, 0) is 36.8 Å². The second-order valence-electron chi connectivity index (χ2n) is 6.80. The van der Waals surface area contributed by atoms with Gasteiger partial charge in [0, 0.05) is 11.8 Å². The van der Waals surface area contributed by atoms with E-state index in [4.69, 9.17) is 16.3 Å². The summed E-state index contributed by atoms with van der Waals surface area (Å²) in [5.41, 5.74) is 2.57. The number of carbonyl (C=O) groups excluding carboxylic acids is 2. The van der Waals surface area contributed by atoms with E-state index in [9.17, 15) is 9.59 Å². The molecule has 1 amide bonds. The molecule has 4 rings (SSSR count). The summed E-state index contributed by atoms with van der Waals surface area (Å²) in [5.74, 6) is -0.197. The second-order valence-corrected chi connectivity index (χ2v) is 7.24. The number of aromatic amines is 1. The molecule has 0 bridgehead atoms. The van der Waals surface area contributed by atoms with Crippen molar-refractivity contribution in [1.82, 2.24) is 15.0 Å². The Bertz CT molecular complexity index is 1200. The van der Waals surface area contributed by atoms with Gasteiger partial charge in [-0.15, -0.1) is 0 Å². The smallest absolute Gasteiger partial charge is 0.339 e. The van der Waals surface area contributed by atoms with Crippen molar-refractivity contribution in [3.05, 3.63) is 77.4 Å². The number of anilines is 1. The lowest BCUT2D eigenvalue weighted by Crippen LogP contribution is -2.32. The average molecular weight is 435 g/mol. The summed E-state index contributed by atoms with van der Waals surface area (Å²) in [4.78, 5) is 37.3. The van der Waals surface area contributed by atoms with Crippen LogP contribution in [0.1, 0.15) is 23.7 Å². The maximum atomic E-state index is 12.9. The van der Waals surface area contributed by atoms with Crippen LogP contribution >= 0.6 is 11.6 Å². The molecular weight excluding hydrogens is 416 g/mol. The van der Waals surface area contributed by atoms with E-state index in [1.165, 1.54) is 6.20 Å². The van der Waals surface area contributed by atoms with Gasteiger partial charge in [0.25, 0.3) is 5.91 Å². The number of carbonyl (C=O) groups is 2. The van der Waals surface area contributed by atoms with Crippen molar-refractivity contribution in [2.45, 2.75) is 19.4 Å². The zero-order valence-electron chi connectivity index (χ0n) is 16.6. The van der Waals surface area contributed by atoms with Gasteiger partial charge in [-0.3, -0.25) is 4.79 Å². The molecule has 0 spiro atoms. The van der Waals surface area contributed by atoms with Gasteiger partial charge in [0.15, 0.2) is 6.10 Å². The molecule has 2 aromatic carbocycles. The molecule has 0 fully saturated rings. The van der Waals surface area contributed by atoms with Crippen LogP contribution in [0.4, 0.5) is 5.82 Å². The maximum absolute atomic E-state index is 12.9. The Morgan fingerprint density at radius 2 is 1.87 bits per heavy atom. The van der Waals surface area contributed by atoms with Crippen LogP contribution in [-0.4, -0.2) is 32.9 Å². The number of para-hydroxylation sites is 2. The standard InChI is InChI=1S/C23H19ClN4O3/c1-2-19(22(29)28-20-12-11-14(24)13-25-20)31-23(30)16-8-4-3-7-15(16)21-26-17-9-5-6-10-18(17)27-21/h3-13,19H,2H2,1H3,(H,26,27)(H,25,28,29). The lowest BCUT2D eigenvalue weighted by Gasteiger charge is -2.16. The number of ether oxygens (including phenoxy) is 1. The molecule has 2 N–H and O–H groups in total. The fourth-order valence-corrected chi connectivity index (χ4v) is 3.23. The fraction of sp³-hybridized carbons (Fsp3) is 0.130. The number of rotatable bonds is 6. The molecule has 0 aliphatic carbocycles. The topological polar surface area (TPSA) is 97.0 Å². The normalized spacial score (nSPS) is 11.8. The quantitative estimate of drug-likeness (QED) is 0.423. The van der Waals surface area contributed by atoms with Gasteiger partial charge in [0.05, 0.1) is 21.6 Å². The number of nitrogens with zero attached hydrogens (tertiary/aromatic N) is 2. The molecule has 1 unspecified atom stereocenters. The Hall–Kier alpha value is -3.71. The molecule has 0 saturated carbocycles. The van der Waals surface area contributed by atoms with Crippen molar-refractivity contribution in [2.75, 3.05) is 5.32 Å². The highest BCUT2D eigenvalue weighted by Crippen LogP contribution is 2.25. The minimum absolute atomic E-state index is 0.304. The number of esters is 1. The molecule has 1 atom stereocenters. The number of fused-ring (bicyclic) bond motifs is 1. The van der Waals surface area contributed by atoms with Gasteiger partial charge >= 0.3 is 5.97 Å². The second kappa shape index (κ2) is 8.97. The molecule has 0 saturated heterocycles. The summed E-state index contributed by atoms with van der Waals surface area (Å²) in [5, 5.41) is 3.09. The fourth-order valence-electron chi connectivity index (χ4n) is 3.12. The van der Waals surface area contributed by atoms with Gasteiger partial charge in [-0.25, -0.2) is 14.8 Å². The van der Waals surface area contributed by atoms with Crippen LogP contribution in [0.25, 0.3) is 22.4 Å². The van der Waals surface area contributed by atoms with E-state index in [0.29, 0.717) is 34.2 Å². The third kappa shape index (κ3) is 4.57. The molecule has 0 aliphatic rings. The summed E-state index contributed by atoms with van der Waals surface area (Å²) in [6.45, 7) is 1.76. The predicted molar refractivity (Wildman–Crippen MR) is 119 cm³/mol. The van der Waals surface area contributed by atoms with Crippen LogP contribution in [0.2, 0.25) is 5.02 Å². The molecule has 156 valence electrons. The molecular formula is C23H19ClN4O3. The average Bonchev–Trinajstić information content (AvgIpc) is 3.23. The van der Waals surface area contributed by atoms with E-state index in [1.807, 2.05) is 30.3 Å². The molecule has 0 aliphatic heterocycles. The number of imidazole rings is 1. The number of H-pyrrole nitrogens is 1. The highest BCUT2D eigenvalue weighted by Gasteiger charge is 2.24. The van der Waals surface area contributed by atoms with Crippen LogP contribution < -0.4 is 5.32 Å². The van der Waals surface area contributed by atoms with Crippen LogP contribution in [0.3, 0.4) is 0 Å². The van der Waals surface area contributed by atoms with E-state index >= 15 is 0 Å². The molecule has 7 nitrogen and oxygen atoms in total. The third-order valence-electron chi connectivity index (χ3n) is 4.68. The van der Waals surface area contributed by atoms with Crippen LogP contribution in [0.5, 0.6) is 0 Å². The number of hydrogen-bond acceptors (Lipinski definition) is 5. The Kier molecular flexibility index (Phi) is 5.95. The Balaban J connectivity index is 1.55. The van der Waals surface area contributed by atoms with E-state index in [-0.39, 0.29) is 0 Å². The van der Waals surface area contributed by atoms with E-state index in [0.717, 1.165) is 11.0 Å². The molecule has 2 aromatic heterocycles. The van der Waals surface area contributed by atoms with Gasteiger partial charge in [0.2, 0.25) is 0 Å². The van der Waals surface area contributed by atoms with Gasteiger partial charge in [-0.2, -0.15) is 0 Å². The third-order valence-corrected chi connectivity index (χ3v) is 4.91. The van der Waals surface area contributed by atoms with Crippen molar-refractivity contribution < 1.29 is 14.3 Å². The molecule has 4 aromatic rings. The number of aromatic nitrogens is 3. The van der Waals surface area contributed by atoms with Gasteiger partial charge < -0.3 is 15.0 Å². The highest BCUT2D eigenvalue weighted by molar-refractivity contribution is 6.30. The van der Waals surface area contributed by atoms with Crippen LogP contribution in [-0.2, 0) is 9.53 Å². The van der Waals surface area contributed by atoms with Crippen molar-refractivity contribution in [3.8, 4) is 11.4 Å². The zero-order chi connectivity index (χ0) is 21.8. The Morgan fingerprint density at radius 1 is 1.10 bits per heavy atom. The van der Waals surface area contributed by atoms with Gasteiger partial charge in [0.1, 0.15) is 11.6 Å². The van der Waals surface area contributed by atoms with E-state index < -0.39 is 18.0 Å². The number of amides is 1. The lowest BCUT2D eigenvalue weighted by atomic mass is 10.1. The van der Waals surface area contributed by atoms with Gasteiger partial charge in [-0.1, -0.05) is 48.9 Å². The Morgan fingerprint density at radius 3 is 2.61 bits per heavy atom. The van der Waals surface area contributed by atoms with Crippen LogP contribution in [0.15, 0.2) is 66.9 Å². The van der Waals surface area contributed by atoms with E-state index in [2.05, 4.69) is 20.3 Å². The first-order chi connectivity index (χ1) is 15.0. The summed E-state index contributed by atoms with van der Waals surface area (Å²) in [6, 6.07) is 17.8. The summed E-state index contributed by atoms with van der Waals surface area (Å²) in [6.07, 6.45) is 0.750. The van der Waals surface area contributed by atoms with Crippen LogP contribution in [0, 0.1) is 0 Å². The monoisotopic (exact) mass is 434 g/mol. The molecule has 31 heavy (non-hydrogen) atoms. The number of pyridine rings is 1. The zero-order valence-corrected chi connectivity index (χ0v) is 17.4. The minimum Gasteiger partial charge on any atom is -0.449 e. The van der Waals surface area contributed by atoms with Crippen molar-refractivity contribution in [1.29, 1.82) is 0 Å². The SMILES string of the molecule is CCC(OC(=O)c1ccccc1-c1nc2ccccc2[nH]1)C(=O)Nc1ccc(Cl)cn1.